The Morgan fingerprint density at radius 2 is 1.72 bits per heavy atom. The van der Waals surface area contributed by atoms with Gasteiger partial charge < -0.3 is 18.9 Å². The average Bonchev–Trinajstić information content (AvgIpc) is 3.52. The van der Waals surface area contributed by atoms with E-state index in [0.717, 1.165) is 27.7 Å². The lowest BCUT2D eigenvalue weighted by molar-refractivity contribution is -0.146. The molecular weight excluding hydrogens is 583 g/mol. The predicted molar refractivity (Wildman–Crippen MR) is 169 cm³/mol. The van der Waals surface area contributed by atoms with Crippen molar-refractivity contribution in [2.24, 2.45) is 5.92 Å². The summed E-state index contributed by atoms with van der Waals surface area (Å²) >= 11 is 6.44. The van der Waals surface area contributed by atoms with Gasteiger partial charge in [0.1, 0.15) is 0 Å². The van der Waals surface area contributed by atoms with Crippen molar-refractivity contribution in [2.75, 3.05) is 16.4 Å². The Morgan fingerprint density at radius 3 is 2.42 bits per heavy atom. The topological polar surface area (TPSA) is 70.1 Å². The molecule has 1 saturated heterocycles. The summed E-state index contributed by atoms with van der Waals surface area (Å²) in [5.41, 5.74) is 2.62. The van der Waals surface area contributed by atoms with Crippen LogP contribution in [0.15, 0.2) is 78.9 Å². The van der Waals surface area contributed by atoms with Gasteiger partial charge >= 0.3 is 0 Å². The van der Waals surface area contributed by atoms with Gasteiger partial charge in [-0.2, -0.15) is 0 Å². The van der Waals surface area contributed by atoms with Crippen LogP contribution in [0, 0.1) is 5.92 Å². The molecule has 9 heteroatoms. The van der Waals surface area contributed by atoms with E-state index >= 15 is 4.11 Å². The number of nitrogens with zero attached hydrogens (tertiary/aromatic N) is 2. The number of benzene rings is 4. The Kier molecular flexibility index (Phi) is 6.56. The summed E-state index contributed by atoms with van der Waals surface area (Å²) < 4.78 is 22.3. The lowest BCUT2D eigenvalue weighted by atomic mass is 9.82. The minimum Gasteiger partial charge on any atom is -0.396 e. The number of carbonyl (C=O) groups excluding carboxylic acids is 2. The van der Waals surface area contributed by atoms with Gasteiger partial charge in [-0.25, -0.2) is 0 Å². The van der Waals surface area contributed by atoms with Crippen LogP contribution in [0.2, 0.25) is 23.7 Å². The third kappa shape index (κ3) is 4.11. The zero-order valence-electron chi connectivity index (χ0n) is 24.2. The van der Waals surface area contributed by atoms with Gasteiger partial charge in [-0.05, 0) is 72.9 Å². The maximum absolute atomic E-state index is 15.7. The fourth-order valence-corrected chi connectivity index (χ4v) is 10.4. The van der Waals surface area contributed by atoms with Crippen molar-refractivity contribution in [1.82, 2.24) is 0 Å². The van der Waals surface area contributed by atoms with Crippen molar-refractivity contribution in [3.63, 3.8) is 0 Å². The number of hydrogen-bond donors (Lipinski definition) is 1. The first-order chi connectivity index (χ1) is 20.6. The minimum atomic E-state index is -3.28. The van der Waals surface area contributed by atoms with Crippen LogP contribution in [-0.2, 0) is 21.7 Å². The molecule has 6 nitrogen and oxygen atoms in total. The minimum absolute atomic E-state index is 0.0688. The smallest absolute Gasteiger partial charge is 0.264 e. The van der Waals surface area contributed by atoms with Gasteiger partial charge in [0.2, 0.25) is 8.41 Å². The maximum atomic E-state index is 15.7. The second kappa shape index (κ2) is 9.99. The Balaban J connectivity index is 1.22. The number of hydrogen-bond acceptors (Lipinski definition) is 4. The standard InChI is InChI=1S/C34H32ClFN2O4Si/c1-20-31(43(2,3)36)29(16-17-39)42-34(20)26-18-23(35)12-15-27(26)37(33(34)41)19-21-10-13-24(14-11-21)38-28-9-5-7-22-6-4-8-25(30(22)28)32(38)40/h4-15,18,20,29,31,39H,16-17,19H2,1-3H3/t20-,29+,31-,34+/m0/s1. The zero-order valence-corrected chi connectivity index (χ0v) is 25.9. The van der Waals surface area contributed by atoms with E-state index in [1.165, 1.54) is 0 Å². The van der Waals surface area contributed by atoms with Crippen LogP contribution < -0.4 is 9.80 Å². The molecule has 43 heavy (non-hydrogen) atoms. The fraction of sp³-hybridized carbons (Fsp3) is 0.294. The highest BCUT2D eigenvalue weighted by Gasteiger charge is 2.66. The molecule has 0 bridgehead atoms. The van der Waals surface area contributed by atoms with E-state index in [1.54, 1.807) is 35.0 Å². The van der Waals surface area contributed by atoms with Crippen LogP contribution in [0.1, 0.15) is 34.8 Å². The number of fused-ring (bicyclic) bond motifs is 2. The first kappa shape index (κ1) is 28.2. The van der Waals surface area contributed by atoms with Crippen LogP contribution in [0.4, 0.5) is 21.2 Å². The normalized spacial score (nSPS) is 24.6. The summed E-state index contributed by atoms with van der Waals surface area (Å²) in [6, 6.07) is 24.7. The van der Waals surface area contributed by atoms with Crippen molar-refractivity contribution < 1.29 is 23.5 Å². The molecular formula is C34H32ClFN2O4Si. The summed E-state index contributed by atoms with van der Waals surface area (Å²) in [5, 5.41) is 12.2. The molecule has 3 aliphatic heterocycles. The molecule has 4 aromatic rings. The van der Waals surface area contributed by atoms with E-state index in [9.17, 15) is 14.7 Å². The molecule has 7 rings (SSSR count). The monoisotopic (exact) mass is 614 g/mol. The number of aliphatic hydroxyl groups excluding tert-OH is 1. The second-order valence-electron chi connectivity index (χ2n) is 12.3. The van der Waals surface area contributed by atoms with Gasteiger partial charge in [-0.15, -0.1) is 0 Å². The molecule has 0 aliphatic carbocycles. The van der Waals surface area contributed by atoms with Crippen LogP contribution >= 0.6 is 11.6 Å². The summed E-state index contributed by atoms with van der Waals surface area (Å²) in [6.45, 7) is 5.29. The molecule has 3 aliphatic rings. The Labute approximate surface area is 255 Å². The number of carbonyl (C=O) groups is 2. The largest absolute Gasteiger partial charge is 0.396 e. The van der Waals surface area contributed by atoms with Gasteiger partial charge in [0.25, 0.3) is 11.8 Å². The molecule has 1 N–H and O–H groups in total. The van der Waals surface area contributed by atoms with E-state index in [2.05, 4.69) is 0 Å². The lowest BCUT2D eigenvalue weighted by Gasteiger charge is -2.31. The van der Waals surface area contributed by atoms with E-state index in [0.29, 0.717) is 21.8 Å². The van der Waals surface area contributed by atoms with Crippen molar-refractivity contribution in [1.29, 1.82) is 0 Å². The van der Waals surface area contributed by atoms with Crippen LogP contribution in [0.5, 0.6) is 0 Å². The Morgan fingerprint density at radius 1 is 1.00 bits per heavy atom. The first-order valence-electron chi connectivity index (χ1n) is 14.6. The average molecular weight is 615 g/mol. The van der Waals surface area contributed by atoms with Crippen molar-refractivity contribution in [3.05, 3.63) is 101 Å². The number of amides is 2. The highest BCUT2D eigenvalue weighted by atomic mass is 35.5. The highest BCUT2D eigenvalue weighted by Crippen LogP contribution is 2.60. The predicted octanol–water partition coefficient (Wildman–Crippen LogP) is 7.49. The van der Waals surface area contributed by atoms with E-state index < -0.39 is 31.6 Å². The van der Waals surface area contributed by atoms with Gasteiger partial charge in [0.05, 0.1) is 29.6 Å². The van der Waals surface area contributed by atoms with Gasteiger partial charge in [-0.3, -0.25) is 14.5 Å². The van der Waals surface area contributed by atoms with Crippen LogP contribution in [-0.4, -0.2) is 38.0 Å². The van der Waals surface area contributed by atoms with Crippen molar-refractivity contribution in [2.45, 2.75) is 50.2 Å². The number of ether oxygens (including phenoxy) is 1. The summed E-state index contributed by atoms with van der Waals surface area (Å²) in [7, 11) is -3.28. The number of anilines is 3. The molecule has 1 fully saturated rings. The highest BCUT2D eigenvalue weighted by molar-refractivity contribution is 6.72. The molecule has 0 aromatic heterocycles. The lowest BCUT2D eigenvalue weighted by Crippen LogP contribution is -2.45. The molecule has 1 spiro atoms. The van der Waals surface area contributed by atoms with E-state index in [1.807, 2.05) is 73.7 Å². The number of aliphatic hydroxyl groups is 1. The van der Waals surface area contributed by atoms with Crippen LogP contribution in [0.3, 0.4) is 0 Å². The quantitative estimate of drug-likeness (QED) is 0.180. The van der Waals surface area contributed by atoms with Gasteiger partial charge in [0.15, 0.2) is 5.60 Å². The maximum Gasteiger partial charge on any atom is 0.264 e. The molecule has 4 atom stereocenters. The second-order valence-corrected chi connectivity index (χ2v) is 16.6. The van der Waals surface area contributed by atoms with Gasteiger partial charge in [-0.1, -0.05) is 54.9 Å². The Bertz CT molecular complexity index is 1790. The molecule has 0 radical (unpaired) electrons. The number of rotatable bonds is 6. The van der Waals surface area contributed by atoms with E-state index in [-0.39, 0.29) is 31.4 Å². The summed E-state index contributed by atoms with van der Waals surface area (Å²) in [5.74, 6) is -0.763. The zero-order chi connectivity index (χ0) is 30.3. The molecule has 2 amide bonds. The van der Waals surface area contributed by atoms with Gasteiger partial charge in [0, 0.05) is 39.7 Å². The van der Waals surface area contributed by atoms with Crippen LogP contribution in [0.25, 0.3) is 10.8 Å². The molecule has 220 valence electrons. The third-order valence-electron chi connectivity index (χ3n) is 9.43. The molecule has 4 aromatic carbocycles. The fourth-order valence-electron chi connectivity index (χ4n) is 7.68. The van der Waals surface area contributed by atoms with Crippen molar-refractivity contribution in [3.8, 4) is 0 Å². The van der Waals surface area contributed by atoms with E-state index in [4.69, 9.17) is 16.3 Å². The van der Waals surface area contributed by atoms with Crippen molar-refractivity contribution >= 4 is 59.7 Å². The molecule has 0 saturated carbocycles. The summed E-state index contributed by atoms with van der Waals surface area (Å²) in [4.78, 5) is 31.2. The summed E-state index contributed by atoms with van der Waals surface area (Å²) in [6.07, 6.45) is -0.317. The molecule has 0 unspecified atom stereocenters. The first-order valence-corrected chi connectivity index (χ1v) is 17.9. The SMILES string of the molecule is C[C@H]1[C@H]([Si](C)(C)F)[C@@H](CCO)O[C@]12C(=O)N(Cc1ccc(N3C(=O)c4cccc5cccc3c45)cc1)c1ccc(Cl)cc12. The molecule has 3 heterocycles. The third-order valence-corrected chi connectivity index (χ3v) is 12.1. The number of halogens is 2. The Hall–Kier alpha value is -3.56.